The number of amides is 1. The Morgan fingerprint density at radius 3 is 2.54 bits per heavy atom. The van der Waals surface area contributed by atoms with Gasteiger partial charge in [0.1, 0.15) is 5.54 Å². The number of thioether (sulfide) groups is 1. The molecule has 0 aliphatic rings. The van der Waals surface area contributed by atoms with Gasteiger partial charge in [0.2, 0.25) is 11.7 Å². The molecule has 2 aromatic heterocycles. The smallest absolute Gasteiger partial charge is 0.267 e. The van der Waals surface area contributed by atoms with Crippen LogP contribution in [0.1, 0.15) is 38.8 Å². The molecule has 0 bridgehead atoms. The molecule has 2 atom stereocenters. The fourth-order valence-corrected chi connectivity index (χ4v) is 4.66. The first-order chi connectivity index (χ1) is 16.6. The van der Waals surface area contributed by atoms with Gasteiger partial charge < -0.3 is 5.32 Å². The maximum absolute atomic E-state index is 13.6. The van der Waals surface area contributed by atoms with Crippen LogP contribution in [0.4, 0.5) is 0 Å². The number of hydrogen-bond acceptors (Lipinski definition) is 6. The first-order valence-corrected chi connectivity index (χ1v) is 12.3. The Bertz CT molecular complexity index is 1550. The fourth-order valence-electron chi connectivity index (χ4n) is 3.80. The normalized spacial score (nSPS) is 14.1. The van der Waals surface area contributed by atoms with Gasteiger partial charge in [0.15, 0.2) is 5.16 Å². The van der Waals surface area contributed by atoms with E-state index in [4.69, 9.17) is 0 Å². The van der Waals surface area contributed by atoms with E-state index in [-0.39, 0.29) is 17.4 Å². The molecular weight excluding hydrogens is 460 g/mol. The molecule has 0 radical (unpaired) electrons. The Labute approximate surface area is 208 Å². The van der Waals surface area contributed by atoms with Crippen LogP contribution in [-0.4, -0.2) is 35.9 Å². The van der Waals surface area contributed by atoms with Crippen LogP contribution >= 0.6 is 11.8 Å². The molecule has 1 amide bonds. The van der Waals surface area contributed by atoms with E-state index in [2.05, 4.69) is 21.6 Å². The summed E-state index contributed by atoms with van der Waals surface area (Å²) in [5, 5.41) is 21.7. The number of nitrogens with one attached hydrogen (secondary N) is 1. The molecule has 1 N–H and O–H groups in total. The number of aromatic nitrogens is 4. The van der Waals surface area contributed by atoms with Crippen molar-refractivity contribution in [2.24, 2.45) is 5.92 Å². The van der Waals surface area contributed by atoms with Crippen LogP contribution in [0.2, 0.25) is 0 Å². The van der Waals surface area contributed by atoms with Crippen LogP contribution in [0.3, 0.4) is 0 Å². The van der Waals surface area contributed by atoms with E-state index >= 15 is 0 Å². The molecule has 4 rings (SSSR count). The Morgan fingerprint density at radius 1 is 1.14 bits per heavy atom. The molecule has 0 fully saturated rings. The van der Waals surface area contributed by atoms with E-state index < -0.39 is 10.8 Å². The number of para-hydroxylation sites is 1. The average molecular weight is 489 g/mol. The molecule has 0 spiro atoms. The molecule has 35 heavy (non-hydrogen) atoms. The summed E-state index contributed by atoms with van der Waals surface area (Å²) in [6, 6.07) is 15.4. The quantitative estimate of drug-likeness (QED) is 0.408. The highest BCUT2D eigenvalue weighted by molar-refractivity contribution is 8.00. The first kappa shape index (κ1) is 24.5. The predicted molar refractivity (Wildman–Crippen MR) is 138 cm³/mol. The molecule has 9 heteroatoms. The molecule has 0 aliphatic carbocycles. The maximum Gasteiger partial charge on any atom is 0.267 e. The predicted octanol–water partition coefficient (Wildman–Crippen LogP) is 4.19. The second-order valence-electron chi connectivity index (χ2n) is 9.28. The minimum absolute atomic E-state index is 0.0569. The van der Waals surface area contributed by atoms with Gasteiger partial charge in [0.05, 0.1) is 27.9 Å². The molecule has 180 valence electrons. The van der Waals surface area contributed by atoms with E-state index in [1.54, 1.807) is 24.5 Å². The van der Waals surface area contributed by atoms with Crippen molar-refractivity contribution in [3.63, 3.8) is 0 Å². The molecular formula is C26H28N6O2S. The summed E-state index contributed by atoms with van der Waals surface area (Å²) in [6.45, 7) is 11.2. The lowest BCUT2D eigenvalue weighted by Gasteiger charge is -2.28. The first-order valence-electron chi connectivity index (χ1n) is 11.4. The minimum Gasteiger partial charge on any atom is -0.337 e. The lowest BCUT2D eigenvalue weighted by molar-refractivity contribution is -0.121. The Kier molecular flexibility index (Phi) is 6.43. The van der Waals surface area contributed by atoms with Gasteiger partial charge in [0, 0.05) is 0 Å². The van der Waals surface area contributed by atoms with Crippen molar-refractivity contribution in [2.45, 2.75) is 57.5 Å². The number of fused-ring (bicyclic) bond motifs is 3. The number of hydrogen-bond donors (Lipinski definition) is 1. The van der Waals surface area contributed by atoms with Gasteiger partial charge in [0.25, 0.3) is 5.56 Å². The molecule has 2 unspecified atom stereocenters. The zero-order valence-corrected chi connectivity index (χ0v) is 21.5. The summed E-state index contributed by atoms with van der Waals surface area (Å²) in [5.74, 6) is 0.0525. The molecule has 8 nitrogen and oxygen atoms in total. The van der Waals surface area contributed by atoms with Crippen LogP contribution in [0.5, 0.6) is 0 Å². The number of nitriles is 1. The molecule has 0 aliphatic heterocycles. The molecule has 2 aromatic carbocycles. The van der Waals surface area contributed by atoms with Gasteiger partial charge in [-0.3, -0.25) is 14.0 Å². The zero-order chi connectivity index (χ0) is 25.5. The van der Waals surface area contributed by atoms with Crippen molar-refractivity contribution in [2.75, 3.05) is 0 Å². The van der Waals surface area contributed by atoms with Crippen molar-refractivity contribution >= 4 is 34.3 Å². The van der Waals surface area contributed by atoms with Gasteiger partial charge in [-0.1, -0.05) is 49.9 Å². The summed E-state index contributed by atoms with van der Waals surface area (Å²) >= 11 is 1.24. The summed E-state index contributed by atoms with van der Waals surface area (Å²) in [4.78, 5) is 26.6. The summed E-state index contributed by atoms with van der Waals surface area (Å²) in [7, 11) is 0. The minimum atomic E-state index is -0.977. The third-order valence-electron chi connectivity index (χ3n) is 6.42. The van der Waals surface area contributed by atoms with Crippen LogP contribution in [0.25, 0.3) is 22.4 Å². The molecule has 0 saturated heterocycles. The van der Waals surface area contributed by atoms with Crippen LogP contribution < -0.4 is 10.9 Å². The lowest BCUT2D eigenvalue weighted by atomic mass is 9.90. The lowest BCUT2D eigenvalue weighted by Crippen LogP contribution is -2.51. The van der Waals surface area contributed by atoms with Crippen LogP contribution in [0, 0.1) is 31.1 Å². The van der Waals surface area contributed by atoms with E-state index in [9.17, 15) is 14.9 Å². The van der Waals surface area contributed by atoms with Crippen molar-refractivity contribution in [1.29, 1.82) is 5.26 Å². The SMILES string of the molecule is Cc1ccc(C)c(-n2c(=O)c3ccccc3n3c(SC(C)C(=O)NC(C)(C#N)C(C)C)nnc23)c1. The number of nitrogens with zero attached hydrogens (tertiary/aromatic N) is 5. The molecule has 4 aromatic rings. The van der Waals surface area contributed by atoms with E-state index in [1.165, 1.54) is 11.8 Å². The van der Waals surface area contributed by atoms with Crippen molar-refractivity contribution in [3.05, 3.63) is 63.9 Å². The van der Waals surface area contributed by atoms with Gasteiger partial charge in [-0.15, -0.1) is 10.2 Å². The van der Waals surface area contributed by atoms with Gasteiger partial charge in [-0.05, 0) is 62.9 Å². The average Bonchev–Trinajstić information content (AvgIpc) is 3.24. The largest absolute Gasteiger partial charge is 0.337 e. The zero-order valence-electron chi connectivity index (χ0n) is 20.7. The summed E-state index contributed by atoms with van der Waals surface area (Å²) in [5.41, 5.74) is 2.20. The summed E-state index contributed by atoms with van der Waals surface area (Å²) < 4.78 is 3.40. The number of carbonyl (C=O) groups is 1. The Balaban J connectivity index is 1.86. The maximum atomic E-state index is 13.6. The number of benzene rings is 2. The second-order valence-corrected chi connectivity index (χ2v) is 10.6. The van der Waals surface area contributed by atoms with Crippen molar-refractivity contribution in [1.82, 2.24) is 24.5 Å². The van der Waals surface area contributed by atoms with Crippen LogP contribution in [-0.2, 0) is 4.79 Å². The van der Waals surface area contributed by atoms with Crippen molar-refractivity contribution in [3.8, 4) is 11.8 Å². The van der Waals surface area contributed by atoms with Gasteiger partial charge in [-0.25, -0.2) is 4.57 Å². The third kappa shape index (κ3) is 4.30. The van der Waals surface area contributed by atoms with Crippen LogP contribution in [0.15, 0.2) is 52.4 Å². The Morgan fingerprint density at radius 2 is 1.86 bits per heavy atom. The third-order valence-corrected chi connectivity index (χ3v) is 7.46. The highest BCUT2D eigenvalue weighted by Gasteiger charge is 2.32. The molecule has 0 saturated carbocycles. The second kappa shape index (κ2) is 9.19. The number of aryl methyl sites for hydroxylation is 2. The van der Waals surface area contributed by atoms with E-state index in [0.29, 0.717) is 21.8 Å². The van der Waals surface area contributed by atoms with Gasteiger partial charge >= 0.3 is 0 Å². The van der Waals surface area contributed by atoms with Gasteiger partial charge in [-0.2, -0.15) is 5.26 Å². The summed E-state index contributed by atoms with van der Waals surface area (Å²) in [6.07, 6.45) is 0. The number of carbonyl (C=O) groups excluding carboxylic acids is 1. The Hall–Kier alpha value is -3.64. The number of rotatable bonds is 6. The fraction of sp³-hybridized carbons (Fsp3) is 0.346. The molecule has 2 heterocycles. The highest BCUT2D eigenvalue weighted by Crippen LogP contribution is 2.28. The van der Waals surface area contributed by atoms with E-state index in [0.717, 1.165) is 16.8 Å². The highest BCUT2D eigenvalue weighted by atomic mass is 32.2. The topological polar surface area (TPSA) is 105 Å². The van der Waals surface area contributed by atoms with Crippen molar-refractivity contribution < 1.29 is 4.79 Å². The monoisotopic (exact) mass is 488 g/mol. The standard InChI is InChI=1S/C26H28N6O2S/c1-15(2)26(6,14-27)28-22(33)18(5)35-25-30-29-24-31(21-13-16(3)11-12-17(21)4)23(34)19-9-7-8-10-20(19)32(24)25/h7-13,15,18H,1-6H3,(H,28,33). The van der Waals surface area contributed by atoms with E-state index in [1.807, 2.05) is 68.5 Å².